The van der Waals surface area contributed by atoms with E-state index in [2.05, 4.69) is 25.3 Å². The minimum Gasteiger partial charge on any atom is -0.481 e. The molecule has 106 valence electrons. The summed E-state index contributed by atoms with van der Waals surface area (Å²) in [6.07, 6.45) is 1.69. The molecule has 0 aliphatic heterocycles. The van der Waals surface area contributed by atoms with Crippen LogP contribution in [-0.4, -0.2) is 41.0 Å². The average Bonchev–Trinajstić information content (AvgIpc) is 3.15. The minimum absolute atomic E-state index is 0.0216. The molecule has 0 radical (unpaired) electrons. The molecule has 0 atom stereocenters. The molecule has 8 nitrogen and oxygen atoms in total. The third-order valence-corrected chi connectivity index (χ3v) is 2.83. The van der Waals surface area contributed by atoms with Crippen molar-refractivity contribution in [2.75, 3.05) is 0 Å². The maximum Gasteiger partial charge on any atom is 0.303 e. The first-order valence-corrected chi connectivity index (χ1v) is 6.33. The Morgan fingerprint density at radius 2 is 2.10 bits per heavy atom. The van der Waals surface area contributed by atoms with E-state index in [0.717, 1.165) is 5.69 Å². The predicted molar refractivity (Wildman–Crippen MR) is 72.7 cm³/mol. The predicted octanol–water partition coefficient (Wildman–Crippen LogP) is 1.07. The molecule has 1 aromatic carbocycles. The highest BCUT2D eigenvalue weighted by molar-refractivity contribution is 5.66. The molecule has 2 aromatic heterocycles. The molecule has 3 rings (SSSR count). The SMILES string of the molecule is O=C(O)CCc1nc(-c2nc[nH]n2)n(-c2ccccc2)n1. The molecule has 0 unspecified atom stereocenters. The van der Waals surface area contributed by atoms with Crippen LogP contribution < -0.4 is 0 Å². The number of benzene rings is 1. The molecule has 0 amide bonds. The van der Waals surface area contributed by atoms with Gasteiger partial charge in [0, 0.05) is 6.42 Å². The van der Waals surface area contributed by atoms with Gasteiger partial charge in [-0.2, -0.15) is 10.2 Å². The number of aryl methyl sites for hydroxylation is 1. The maximum atomic E-state index is 10.7. The zero-order chi connectivity index (χ0) is 14.7. The van der Waals surface area contributed by atoms with Crippen LogP contribution in [-0.2, 0) is 11.2 Å². The van der Waals surface area contributed by atoms with Gasteiger partial charge in [0.2, 0.25) is 11.6 Å². The normalized spacial score (nSPS) is 10.7. The molecule has 0 aliphatic carbocycles. The van der Waals surface area contributed by atoms with Gasteiger partial charge in [-0.3, -0.25) is 9.89 Å². The number of aromatic nitrogens is 6. The highest BCUT2D eigenvalue weighted by Crippen LogP contribution is 2.17. The zero-order valence-corrected chi connectivity index (χ0v) is 11.0. The second-order valence-electron chi connectivity index (χ2n) is 4.32. The van der Waals surface area contributed by atoms with Gasteiger partial charge in [0.05, 0.1) is 12.1 Å². The van der Waals surface area contributed by atoms with E-state index in [9.17, 15) is 4.79 Å². The Balaban J connectivity index is 2.02. The molecule has 0 saturated heterocycles. The standard InChI is InChI=1S/C13H12N6O2/c20-11(21)7-6-10-16-13(12-14-8-15-17-12)19(18-10)9-4-2-1-3-5-9/h1-5,8H,6-7H2,(H,20,21)(H,14,15,17). The Kier molecular flexibility index (Phi) is 3.42. The number of para-hydroxylation sites is 1. The topological polar surface area (TPSA) is 110 Å². The summed E-state index contributed by atoms with van der Waals surface area (Å²) in [5.74, 6) is 0.447. The fraction of sp³-hybridized carbons (Fsp3) is 0.154. The van der Waals surface area contributed by atoms with Crippen molar-refractivity contribution >= 4 is 5.97 Å². The van der Waals surface area contributed by atoms with Gasteiger partial charge >= 0.3 is 5.97 Å². The minimum atomic E-state index is -0.884. The van der Waals surface area contributed by atoms with E-state index in [1.54, 1.807) is 4.68 Å². The summed E-state index contributed by atoms with van der Waals surface area (Å²) in [6, 6.07) is 9.43. The summed E-state index contributed by atoms with van der Waals surface area (Å²) in [6.45, 7) is 0. The van der Waals surface area contributed by atoms with Crippen LogP contribution >= 0.6 is 0 Å². The van der Waals surface area contributed by atoms with Crippen molar-refractivity contribution in [1.82, 2.24) is 29.9 Å². The monoisotopic (exact) mass is 284 g/mol. The van der Waals surface area contributed by atoms with Gasteiger partial charge in [-0.15, -0.1) is 0 Å². The van der Waals surface area contributed by atoms with Crippen LogP contribution in [0.4, 0.5) is 0 Å². The molecule has 0 spiro atoms. The number of hydrogen-bond acceptors (Lipinski definition) is 5. The molecule has 3 aromatic rings. The van der Waals surface area contributed by atoms with Crippen molar-refractivity contribution < 1.29 is 9.90 Å². The average molecular weight is 284 g/mol. The molecule has 21 heavy (non-hydrogen) atoms. The number of nitrogens with zero attached hydrogens (tertiary/aromatic N) is 5. The van der Waals surface area contributed by atoms with Crippen LogP contribution in [0.2, 0.25) is 0 Å². The van der Waals surface area contributed by atoms with Crippen LogP contribution in [0.1, 0.15) is 12.2 Å². The van der Waals surface area contributed by atoms with Crippen molar-refractivity contribution in [1.29, 1.82) is 0 Å². The molecule has 0 fully saturated rings. The lowest BCUT2D eigenvalue weighted by Gasteiger charge is -2.02. The fourth-order valence-electron chi connectivity index (χ4n) is 1.89. The fourth-order valence-corrected chi connectivity index (χ4v) is 1.89. The molecular weight excluding hydrogens is 272 g/mol. The van der Waals surface area contributed by atoms with E-state index in [4.69, 9.17) is 5.11 Å². The molecule has 0 saturated carbocycles. The molecule has 2 heterocycles. The number of carboxylic acids is 1. The number of H-pyrrole nitrogens is 1. The van der Waals surface area contributed by atoms with Crippen LogP contribution in [0, 0.1) is 0 Å². The summed E-state index contributed by atoms with van der Waals surface area (Å²) in [4.78, 5) is 19.1. The van der Waals surface area contributed by atoms with E-state index in [1.165, 1.54) is 6.33 Å². The van der Waals surface area contributed by atoms with Crippen LogP contribution in [0.15, 0.2) is 36.7 Å². The Morgan fingerprint density at radius 1 is 1.29 bits per heavy atom. The quantitative estimate of drug-likeness (QED) is 0.725. The van der Waals surface area contributed by atoms with E-state index >= 15 is 0 Å². The van der Waals surface area contributed by atoms with E-state index in [-0.39, 0.29) is 12.8 Å². The van der Waals surface area contributed by atoms with Crippen molar-refractivity contribution in [3.63, 3.8) is 0 Å². The number of carboxylic acid groups (broad SMARTS) is 1. The number of nitrogens with one attached hydrogen (secondary N) is 1. The van der Waals surface area contributed by atoms with Crippen molar-refractivity contribution in [2.24, 2.45) is 0 Å². The Morgan fingerprint density at radius 3 is 2.76 bits per heavy atom. The van der Waals surface area contributed by atoms with Gasteiger partial charge in [-0.25, -0.2) is 14.6 Å². The van der Waals surface area contributed by atoms with Gasteiger partial charge in [0.15, 0.2) is 5.82 Å². The van der Waals surface area contributed by atoms with E-state index < -0.39 is 5.97 Å². The smallest absolute Gasteiger partial charge is 0.303 e. The van der Waals surface area contributed by atoms with Crippen molar-refractivity contribution in [3.05, 3.63) is 42.5 Å². The summed E-state index contributed by atoms with van der Waals surface area (Å²) in [7, 11) is 0. The van der Waals surface area contributed by atoms with Gasteiger partial charge in [0.25, 0.3) is 0 Å². The number of hydrogen-bond donors (Lipinski definition) is 2. The van der Waals surface area contributed by atoms with Crippen LogP contribution in [0.5, 0.6) is 0 Å². The molecule has 8 heteroatoms. The van der Waals surface area contributed by atoms with Gasteiger partial charge in [-0.05, 0) is 12.1 Å². The molecule has 2 N–H and O–H groups in total. The summed E-state index contributed by atoms with van der Waals surface area (Å²) in [5.41, 5.74) is 0.811. The number of aliphatic carboxylic acids is 1. The number of rotatable bonds is 5. The van der Waals surface area contributed by atoms with Crippen molar-refractivity contribution in [2.45, 2.75) is 12.8 Å². The number of aromatic amines is 1. The molecule has 0 bridgehead atoms. The third kappa shape index (κ3) is 2.78. The van der Waals surface area contributed by atoms with E-state index in [1.807, 2.05) is 30.3 Å². The Bertz CT molecular complexity index is 735. The first-order valence-electron chi connectivity index (χ1n) is 6.33. The van der Waals surface area contributed by atoms with Crippen LogP contribution in [0.3, 0.4) is 0 Å². The lowest BCUT2D eigenvalue weighted by atomic mass is 10.3. The van der Waals surface area contributed by atoms with Crippen molar-refractivity contribution in [3.8, 4) is 17.3 Å². The molecular formula is C13H12N6O2. The lowest BCUT2D eigenvalue weighted by molar-refractivity contribution is -0.137. The largest absolute Gasteiger partial charge is 0.481 e. The Hall–Kier alpha value is -3.03. The summed E-state index contributed by atoms with van der Waals surface area (Å²) >= 11 is 0. The third-order valence-electron chi connectivity index (χ3n) is 2.83. The summed E-state index contributed by atoms with van der Waals surface area (Å²) in [5, 5.41) is 19.8. The van der Waals surface area contributed by atoms with Gasteiger partial charge in [-0.1, -0.05) is 18.2 Å². The zero-order valence-electron chi connectivity index (χ0n) is 11.0. The maximum absolute atomic E-state index is 10.7. The first-order chi connectivity index (χ1) is 10.2. The van der Waals surface area contributed by atoms with Gasteiger partial charge in [0.1, 0.15) is 6.33 Å². The second-order valence-corrected chi connectivity index (χ2v) is 4.32. The second kappa shape index (κ2) is 5.53. The highest BCUT2D eigenvalue weighted by atomic mass is 16.4. The Labute approximate surface area is 119 Å². The molecule has 0 aliphatic rings. The number of carbonyl (C=O) groups is 1. The van der Waals surface area contributed by atoms with Gasteiger partial charge < -0.3 is 5.11 Å². The first kappa shape index (κ1) is 13.0. The van der Waals surface area contributed by atoms with E-state index in [0.29, 0.717) is 17.5 Å². The van der Waals surface area contributed by atoms with Crippen LogP contribution in [0.25, 0.3) is 17.3 Å². The summed E-state index contributed by atoms with van der Waals surface area (Å²) < 4.78 is 1.61. The lowest BCUT2D eigenvalue weighted by Crippen LogP contribution is -2.01. The highest BCUT2D eigenvalue weighted by Gasteiger charge is 2.16.